The zero-order chi connectivity index (χ0) is 22.5. The van der Waals surface area contributed by atoms with Crippen LogP contribution in [0.3, 0.4) is 0 Å². The smallest absolute Gasteiger partial charge is 0.258 e. The molecule has 0 saturated carbocycles. The Balaban J connectivity index is 1.48. The van der Waals surface area contributed by atoms with E-state index in [-0.39, 0.29) is 18.6 Å². The number of benzene rings is 3. The van der Waals surface area contributed by atoms with E-state index in [2.05, 4.69) is 63.6 Å². The second-order valence-electron chi connectivity index (χ2n) is 8.43. The van der Waals surface area contributed by atoms with Crippen molar-refractivity contribution in [3.05, 3.63) is 89.5 Å². The van der Waals surface area contributed by atoms with Crippen molar-refractivity contribution in [1.82, 2.24) is 5.32 Å². The normalized spacial score (nSPS) is 13.4. The van der Waals surface area contributed by atoms with Crippen molar-refractivity contribution in [2.24, 2.45) is 0 Å². The van der Waals surface area contributed by atoms with E-state index in [9.17, 15) is 4.79 Å². The molecule has 32 heavy (non-hydrogen) atoms. The third kappa shape index (κ3) is 4.88. The Morgan fingerprint density at radius 2 is 1.75 bits per heavy atom. The van der Waals surface area contributed by atoms with Crippen molar-refractivity contribution in [3.63, 3.8) is 0 Å². The van der Waals surface area contributed by atoms with Gasteiger partial charge >= 0.3 is 0 Å². The van der Waals surface area contributed by atoms with Crippen LogP contribution < -0.4 is 19.9 Å². The molecule has 0 fully saturated rings. The molecule has 0 aliphatic carbocycles. The van der Waals surface area contributed by atoms with Crippen LogP contribution in [0.1, 0.15) is 22.7 Å². The molecular weight excluding hydrogens is 398 g/mol. The van der Waals surface area contributed by atoms with Gasteiger partial charge < -0.3 is 19.9 Å². The average Bonchev–Trinajstić information content (AvgIpc) is 3.23. The number of fused-ring (bicyclic) bond motifs is 1. The molecule has 3 aromatic carbocycles. The maximum atomic E-state index is 12.6. The number of carbonyl (C=O) groups is 1. The van der Waals surface area contributed by atoms with Gasteiger partial charge in [0, 0.05) is 38.6 Å². The number of carbonyl (C=O) groups excluding carboxylic acids is 1. The molecule has 166 valence electrons. The molecule has 1 atom stereocenters. The van der Waals surface area contributed by atoms with Gasteiger partial charge in [0.05, 0.1) is 6.04 Å². The van der Waals surface area contributed by atoms with E-state index in [4.69, 9.17) is 4.74 Å². The van der Waals surface area contributed by atoms with E-state index in [0.717, 1.165) is 30.0 Å². The molecule has 1 aliphatic heterocycles. The third-order valence-electron chi connectivity index (χ3n) is 6.04. The highest BCUT2D eigenvalue weighted by Gasteiger charge is 2.27. The fourth-order valence-electron chi connectivity index (χ4n) is 4.21. The van der Waals surface area contributed by atoms with Crippen molar-refractivity contribution in [2.45, 2.75) is 19.4 Å². The van der Waals surface area contributed by atoms with E-state index < -0.39 is 0 Å². The van der Waals surface area contributed by atoms with Gasteiger partial charge in [0.1, 0.15) is 5.75 Å². The number of ether oxygens (including phenoxy) is 1. The largest absolute Gasteiger partial charge is 0.484 e. The quantitative estimate of drug-likeness (QED) is 0.578. The van der Waals surface area contributed by atoms with Crippen LogP contribution in [-0.2, 0) is 11.2 Å². The van der Waals surface area contributed by atoms with Gasteiger partial charge in [-0.1, -0.05) is 48.5 Å². The standard InChI is InChI=1S/C27H31N3O2/c1-20-8-4-7-11-26(20)32-19-27(31)28-18-25(22-12-14-23(15-13-22)29(2)3)30-17-16-21-9-5-6-10-24(21)30/h4-15,25H,16-19H2,1-3H3,(H,28,31)/t25-/m1/s1. The lowest BCUT2D eigenvalue weighted by atomic mass is 10.0. The van der Waals surface area contributed by atoms with Crippen LogP contribution in [-0.4, -0.2) is 39.7 Å². The molecule has 1 heterocycles. The summed E-state index contributed by atoms with van der Waals surface area (Å²) in [6, 6.07) is 24.9. The van der Waals surface area contributed by atoms with Crippen LogP contribution >= 0.6 is 0 Å². The molecule has 1 N–H and O–H groups in total. The summed E-state index contributed by atoms with van der Waals surface area (Å²) in [6.07, 6.45) is 1.02. The lowest BCUT2D eigenvalue weighted by Gasteiger charge is -2.31. The zero-order valence-electron chi connectivity index (χ0n) is 19.0. The van der Waals surface area contributed by atoms with E-state index in [0.29, 0.717) is 6.54 Å². The summed E-state index contributed by atoms with van der Waals surface area (Å²) < 4.78 is 5.73. The first-order chi connectivity index (χ1) is 15.5. The fourth-order valence-corrected chi connectivity index (χ4v) is 4.21. The number of nitrogens with one attached hydrogen (secondary N) is 1. The maximum Gasteiger partial charge on any atom is 0.258 e. The van der Waals surface area contributed by atoms with Gasteiger partial charge in [-0.05, 0) is 54.3 Å². The molecule has 1 amide bonds. The van der Waals surface area contributed by atoms with Gasteiger partial charge in [0.2, 0.25) is 0 Å². The highest BCUT2D eigenvalue weighted by atomic mass is 16.5. The number of hydrogen-bond acceptors (Lipinski definition) is 4. The van der Waals surface area contributed by atoms with Crippen LogP contribution in [0.15, 0.2) is 72.8 Å². The Morgan fingerprint density at radius 1 is 1.03 bits per heavy atom. The summed E-state index contributed by atoms with van der Waals surface area (Å²) in [5.74, 6) is 0.627. The lowest BCUT2D eigenvalue weighted by molar-refractivity contribution is -0.123. The number of aryl methyl sites for hydroxylation is 1. The van der Waals surface area contributed by atoms with Gasteiger partial charge in [0.25, 0.3) is 5.91 Å². The molecule has 0 spiro atoms. The van der Waals surface area contributed by atoms with Gasteiger partial charge in [0.15, 0.2) is 6.61 Å². The molecule has 0 bridgehead atoms. The molecule has 0 aromatic heterocycles. The van der Waals surface area contributed by atoms with Gasteiger partial charge in [-0.2, -0.15) is 0 Å². The summed E-state index contributed by atoms with van der Waals surface area (Å²) in [5, 5.41) is 3.10. The van der Waals surface area contributed by atoms with E-state index in [1.165, 1.54) is 16.8 Å². The Kier molecular flexibility index (Phi) is 6.64. The van der Waals surface area contributed by atoms with Crippen LogP contribution in [0.5, 0.6) is 5.75 Å². The number of amides is 1. The Morgan fingerprint density at radius 3 is 2.50 bits per heavy atom. The predicted octanol–water partition coefficient (Wildman–Crippen LogP) is 4.36. The minimum absolute atomic E-state index is 0.00767. The topological polar surface area (TPSA) is 44.8 Å². The minimum atomic E-state index is -0.115. The first-order valence-electron chi connectivity index (χ1n) is 11.1. The molecule has 4 rings (SSSR count). The molecule has 5 nitrogen and oxygen atoms in total. The number of hydrogen-bond donors (Lipinski definition) is 1. The van der Waals surface area contributed by atoms with E-state index in [1.807, 2.05) is 45.3 Å². The number of anilines is 2. The second-order valence-corrected chi connectivity index (χ2v) is 8.43. The summed E-state index contributed by atoms with van der Waals surface area (Å²) in [5.41, 5.74) is 5.97. The van der Waals surface area contributed by atoms with Crippen molar-refractivity contribution in [2.75, 3.05) is 43.6 Å². The van der Waals surface area contributed by atoms with E-state index in [1.54, 1.807) is 0 Å². The second kappa shape index (κ2) is 9.77. The molecule has 3 aromatic rings. The number of para-hydroxylation sites is 2. The summed E-state index contributed by atoms with van der Waals surface area (Å²) >= 11 is 0. The summed E-state index contributed by atoms with van der Waals surface area (Å²) in [7, 11) is 4.08. The summed E-state index contributed by atoms with van der Waals surface area (Å²) in [4.78, 5) is 17.1. The average molecular weight is 430 g/mol. The number of nitrogens with zero attached hydrogens (tertiary/aromatic N) is 2. The van der Waals surface area contributed by atoms with Crippen molar-refractivity contribution >= 4 is 17.3 Å². The van der Waals surface area contributed by atoms with Gasteiger partial charge in [-0.3, -0.25) is 4.79 Å². The van der Waals surface area contributed by atoms with Crippen molar-refractivity contribution < 1.29 is 9.53 Å². The molecule has 0 saturated heterocycles. The Labute approximate surface area is 190 Å². The number of rotatable bonds is 8. The Hall–Kier alpha value is -3.47. The molecule has 0 radical (unpaired) electrons. The first-order valence-corrected chi connectivity index (χ1v) is 11.1. The lowest BCUT2D eigenvalue weighted by Crippen LogP contribution is -2.39. The SMILES string of the molecule is Cc1ccccc1OCC(=O)NC[C@H](c1ccc(N(C)C)cc1)N1CCc2ccccc21. The molecular formula is C27H31N3O2. The van der Waals surface area contributed by atoms with Gasteiger partial charge in [-0.25, -0.2) is 0 Å². The highest BCUT2D eigenvalue weighted by molar-refractivity contribution is 5.77. The van der Waals surface area contributed by atoms with Gasteiger partial charge in [-0.15, -0.1) is 0 Å². The maximum absolute atomic E-state index is 12.6. The monoisotopic (exact) mass is 429 g/mol. The fraction of sp³-hybridized carbons (Fsp3) is 0.296. The minimum Gasteiger partial charge on any atom is -0.484 e. The third-order valence-corrected chi connectivity index (χ3v) is 6.04. The van der Waals surface area contributed by atoms with Crippen molar-refractivity contribution in [3.8, 4) is 5.75 Å². The first kappa shape index (κ1) is 21.8. The Bertz CT molecular complexity index is 1060. The predicted molar refractivity (Wildman–Crippen MR) is 131 cm³/mol. The van der Waals surface area contributed by atoms with Crippen LogP contribution in [0.25, 0.3) is 0 Å². The van der Waals surface area contributed by atoms with Crippen LogP contribution in [0, 0.1) is 6.92 Å². The van der Waals surface area contributed by atoms with Crippen LogP contribution in [0.2, 0.25) is 0 Å². The zero-order valence-corrected chi connectivity index (χ0v) is 19.0. The molecule has 1 aliphatic rings. The van der Waals surface area contributed by atoms with Crippen molar-refractivity contribution in [1.29, 1.82) is 0 Å². The summed E-state index contributed by atoms with van der Waals surface area (Å²) in [6.45, 7) is 3.44. The molecule has 5 heteroatoms. The van der Waals surface area contributed by atoms with E-state index >= 15 is 0 Å². The molecule has 0 unspecified atom stereocenters. The van der Waals surface area contributed by atoms with Crippen LogP contribution in [0.4, 0.5) is 11.4 Å². The highest BCUT2D eigenvalue weighted by Crippen LogP contribution is 2.35.